The van der Waals surface area contributed by atoms with E-state index in [-0.39, 0.29) is 0 Å². The first-order chi connectivity index (χ1) is 9.20. The summed E-state index contributed by atoms with van der Waals surface area (Å²) >= 11 is 0. The summed E-state index contributed by atoms with van der Waals surface area (Å²) in [5.41, 5.74) is 5.80. The molecule has 0 radical (unpaired) electrons. The number of hydrogen-bond donors (Lipinski definition) is 1. The van der Waals surface area contributed by atoms with Gasteiger partial charge in [0.1, 0.15) is 5.82 Å². The van der Waals surface area contributed by atoms with E-state index in [9.17, 15) is 0 Å². The quantitative estimate of drug-likeness (QED) is 0.650. The zero-order chi connectivity index (χ0) is 14.1. The van der Waals surface area contributed by atoms with Crippen molar-refractivity contribution in [1.29, 1.82) is 0 Å². The van der Waals surface area contributed by atoms with Crippen molar-refractivity contribution in [2.75, 3.05) is 5.73 Å². The number of rotatable bonds is 10. The van der Waals surface area contributed by atoms with Crippen LogP contribution in [-0.2, 0) is 7.05 Å². The highest BCUT2D eigenvalue weighted by Crippen LogP contribution is 2.27. The van der Waals surface area contributed by atoms with Crippen molar-refractivity contribution in [3.05, 3.63) is 5.82 Å². The molecule has 110 valence electrons. The predicted octanol–water partition coefficient (Wildman–Crippen LogP) is 4.03. The van der Waals surface area contributed by atoms with Gasteiger partial charge in [-0.3, -0.25) is 0 Å². The van der Waals surface area contributed by atoms with Crippen LogP contribution in [-0.4, -0.2) is 14.8 Å². The Bertz CT molecular complexity index is 346. The number of nitrogen functional groups attached to an aromatic ring is 1. The molecule has 0 bridgehead atoms. The highest BCUT2D eigenvalue weighted by molar-refractivity contribution is 5.18. The van der Waals surface area contributed by atoms with Gasteiger partial charge in [0.05, 0.1) is 0 Å². The van der Waals surface area contributed by atoms with E-state index in [0.29, 0.717) is 11.9 Å². The molecule has 0 aliphatic rings. The third-order valence-electron chi connectivity index (χ3n) is 3.87. The van der Waals surface area contributed by atoms with Gasteiger partial charge in [0.2, 0.25) is 5.95 Å². The van der Waals surface area contributed by atoms with Crippen LogP contribution in [0.15, 0.2) is 0 Å². The van der Waals surface area contributed by atoms with Crippen LogP contribution in [0.25, 0.3) is 0 Å². The van der Waals surface area contributed by atoms with Gasteiger partial charge in [-0.2, -0.15) is 0 Å². The number of hydrogen-bond acceptors (Lipinski definition) is 3. The Labute approximate surface area is 117 Å². The highest BCUT2D eigenvalue weighted by Gasteiger charge is 2.17. The maximum absolute atomic E-state index is 5.80. The van der Waals surface area contributed by atoms with Crippen molar-refractivity contribution in [2.45, 2.75) is 77.6 Å². The molecular formula is C15H30N4. The molecule has 1 rings (SSSR count). The zero-order valence-electron chi connectivity index (χ0n) is 12.9. The topological polar surface area (TPSA) is 56.7 Å². The van der Waals surface area contributed by atoms with Crippen molar-refractivity contribution >= 4 is 5.95 Å². The number of unbranched alkanes of at least 4 members (excludes halogenated alkanes) is 5. The summed E-state index contributed by atoms with van der Waals surface area (Å²) in [6.45, 7) is 4.50. The zero-order valence-corrected chi connectivity index (χ0v) is 12.9. The van der Waals surface area contributed by atoms with Crippen LogP contribution in [0.1, 0.15) is 83.4 Å². The van der Waals surface area contributed by atoms with Crippen molar-refractivity contribution in [3.8, 4) is 0 Å². The van der Waals surface area contributed by atoms with Gasteiger partial charge >= 0.3 is 0 Å². The minimum absolute atomic E-state index is 0.526. The molecule has 0 spiro atoms. The molecule has 4 heteroatoms. The maximum atomic E-state index is 5.80. The van der Waals surface area contributed by atoms with Crippen molar-refractivity contribution in [1.82, 2.24) is 14.8 Å². The van der Waals surface area contributed by atoms with E-state index in [1.807, 2.05) is 11.6 Å². The minimum atomic E-state index is 0.526. The molecule has 0 saturated heterocycles. The third-order valence-corrected chi connectivity index (χ3v) is 3.87. The summed E-state index contributed by atoms with van der Waals surface area (Å²) in [5, 5.41) is 8.28. The molecule has 19 heavy (non-hydrogen) atoms. The Kier molecular flexibility index (Phi) is 7.53. The van der Waals surface area contributed by atoms with Gasteiger partial charge in [-0.15, -0.1) is 10.2 Å². The number of anilines is 1. The Morgan fingerprint density at radius 2 is 1.53 bits per heavy atom. The van der Waals surface area contributed by atoms with Gasteiger partial charge in [-0.05, 0) is 12.8 Å². The van der Waals surface area contributed by atoms with Crippen LogP contribution in [0.2, 0.25) is 0 Å². The average Bonchev–Trinajstić information content (AvgIpc) is 2.73. The average molecular weight is 266 g/mol. The maximum Gasteiger partial charge on any atom is 0.221 e. The molecule has 4 nitrogen and oxygen atoms in total. The standard InChI is InChI=1S/C15H30N4/c1-4-6-8-10-12-13(11-9-7-5-2)14-17-18-15(16)19(14)3/h13H,4-12H2,1-3H3,(H2,16,18). The molecule has 1 unspecified atom stereocenters. The minimum Gasteiger partial charge on any atom is -0.368 e. The molecular weight excluding hydrogens is 236 g/mol. The van der Waals surface area contributed by atoms with E-state index >= 15 is 0 Å². The smallest absolute Gasteiger partial charge is 0.221 e. The normalized spacial score (nSPS) is 12.8. The fourth-order valence-corrected chi connectivity index (χ4v) is 2.57. The molecule has 0 saturated carbocycles. The summed E-state index contributed by atoms with van der Waals surface area (Å²) in [5.74, 6) is 2.13. The van der Waals surface area contributed by atoms with E-state index in [4.69, 9.17) is 5.73 Å². The van der Waals surface area contributed by atoms with Crippen LogP contribution in [0, 0.1) is 0 Å². The van der Waals surface area contributed by atoms with Crippen LogP contribution >= 0.6 is 0 Å². The molecule has 0 fully saturated rings. The first-order valence-electron chi connectivity index (χ1n) is 7.85. The van der Waals surface area contributed by atoms with E-state index in [1.165, 1.54) is 57.8 Å². The third kappa shape index (κ3) is 5.21. The van der Waals surface area contributed by atoms with Crippen LogP contribution in [0.4, 0.5) is 5.95 Å². The van der Waals surface area contributed by atoms with Gasteiger partial charge < -0.3 is 10.3 Å². The van der Waals surface area contributed by atoms with Gasteiger partial charge in [0.25, 0.3) is 0 Å². The molecule has 0 amide bonds. The second kappa shape index (κ2) is 8.94. The van der Waals surface area contributed by atoms with Gasteiger partial charge in [0, 0.05) is 13.0 Å². The van der Waals surface area contributed by atoms with E-state index in [0.717, 1.165) is 5.82 Å². The first-order valence-corrected chi connectivity index (χ1v) is 7.85. The van der Waals surface area contributed by atoms with E-state index in [1.54, 1.807) is 0 Å². The van der Waals surface area contributed by atoms with Crippen molar-refractivity contribution in [2.24, 2.45) is 7.05 Å². The lowest BCUT2D eigenvalue weighted by Gasteiger charge is -2.16. The second-order valence-electron chi connectivity index (χ2n) is 5.52. The predicted molar refractivity (Wildman–Crippen MR) is 81.1 cm³/mol. The van der Waals surface area contributed by atoms with Gasteiger partial charge in [-0.25, -0.2) is 0 Å². The van der Waals surface area contributed by atoms with Crippen LogP contribution in [0.3, 0.4) is 0 Å². The van der Waals surface area contributed by atoms with E-state index in [2.05, 4.69) is 24.0 Å². The number of nitrogens with two attached hydrogens (primary N) is 1. The summed E-state index contributed by atoms with van der Waals surface area (Å²) in [7, 11) is 1.98. The molecule has 1 heterocycles. The number of nitrogens with zero attached hydrogens (tertiary/aromatic N) is 3. The lowest BCUT2D eigenvalue weighted by atomic mass is 9.94. The molecule has 0 aliphatic heterocycles. The fourth-order valence-electron chi connectivity index (χ4n) is 2.57. The second-order valence-corrected chi connectivity index (χ2v) is 5.52. The SMILES string of the molecule is CCCCCCC(CCCCC)c1nnc(N)n1C. The Morgan fingerprint density at radius 3 is 2.05 bits per heavy atom. The monoisotopic (exact) mass is 266 g/mol. The van der Waals surface area contributed by atoms with Crippen molar-refractivity contribution in [3.63, 3.8) is 0 Å². The summed E-state index contributed by atoms with van der Waals surface area (Å²) in [6.07, 6.45) is 11.5. The van der Waals surface area contributed by atoms with Crippen molar-refractivity contribution < 1.29 is 0 Å². The fraction of sp³-hybridized carbons (Fsp3) is 0.867. The Hall–Kier alpha value is -1.06. The summed E-state index contributed by atoms with van der Waals surface area (Å²) in [6, 6.07) is 0. The molecule has 0 aliphatic carbocycles. The molecule has 1 aromatic rings. The molecule has 2 N–H and O–H groups in total. The van der Waals surface area contributed by atoms with Gasteiger partial charge in [-0.1, -0.05) is 58.8 Å². The summed E-state index contributed by atoms with van der Waals surface area (Å²) in [4.78, 5) is 0. The molecule has 1 atom stereocenters. The molecule has 0 aromatic carbocycles. The first kappa shape index (κ1) is 16.0. The Balaban J connectivity index is 2.55. The van der Waals surface area contributed by atoms with E-state index < -0.39 is 0 Å². The number of aromatic nitrogens is 3. The largest absolute Gasteiger partial charge is 0.368 e. The lowest BCUT2D eigenvalue weighted by Crippen LogP contribution is -2.08. The van der Waals surface area contributed by atoms with Crippen LogP contribution < -0.4 is 5.73 Å². The summed E-state index contributed by atoms with van der Waals surface area (Å²) < 4.78 is 1.95. The lowest BCUT2D eigenvalue weighted by molar-refractivity contribution is 0.473. The van der Waals surface area contributed by atoms with Gasteiger partial charge in [0.15, 0.2) is 0 Å². The van der Waals surface area contributed by atoms with Crippen LogP contribution in [0.5, 0.6) is 0 Å². The Morgan fingerprint density at radius 1 is 0.947 bits per heavy atom. The highest BCUT2D eigenvalue weighted by atomic mass is 15.3. The molecule has 1 aromatic heterocycles.